The number of carbonyl (C=O) groups is 1. The fourth-order valence-electron chi connectivity index (χ4n) is 3.52. The summed E-state index contributed by atoms with van der Waals surface area (Å²) in [5.41, 5.74) is 2.74. The van der Waals surface area contributed by atoms with Gasteiger partial charge in [-0.05, 0) is 31.3 Å². The first kappa shape index (κ1) is 19.9. The van der Waals surface area contributed by atoms with Gasteiger partial charge in [0, 0.05) is 37.8 Å². The fraction of sp³-hybridized carbons (Fsp3) is 0.318. The zero-order valence-electron chi connectivity index (χ0n) is 17.4. The van der Waals surface area contributed by atoms with Crippen molar-refractivity contribution in [3.8, 4) is 28.6 Å². The molecule has 3 aromatic rings. The summed E-state index contributed by atoms with van der Waals surface area (Å²) in [5.74, 6) is 1.15. The highest BCUT2D eigenvalue weighted by Crippen LogP contribution is 2.32. The molecule has 1 aliphatic heterocycles. The fourth-order valence-corrected chi connectivity index (χ4v) is 3.52. The van der Waals surface area contributed by atoms with Gasteiger partial charge in [0.15, 0.2) is 5.69 Å². The Kier molecular flexibility index (Phi) is 5.67. The Morgan fingerprint density at radius 3 is 2.43 bits per heavy atom. The van der Waals surface area contributed by atoms with E-state index in [1.165, 1.54) is 0 Å². The van der Waals surface area contributed by atoms with E-state index in [2.05, 4.69) is 22.0 Å². The second-order valence-corrected chi connectivity index (χ2v) is 7.18. The number of benzene rings is 1. The predicted octanol–water partition coefficient (Wildman–Crippen LogP) is 2.34. The minimum atomic E-state index is -0.0699. The molecule has 1 amide bonds. The monoisotopic (exact) mass is 407 g/mol. The second-order valence-electron chi connectivity index (χ2n) is 7.18. The van der Waals surface area contributed by atoms with Gasteiger partial charge in [-0.2, -0.15) is 5.10 Å². The molecule has 0 radical (unpaired) electrons. The van der Waals surface area contributed by atoms with Crippen LogP contribution in [0, 0.1) is 0 Å². The van der Waals surface area contributed by atoms with Crippen molar-refractivity contribution < 1.29 is 14.3 Å². The van der Waals surface area contributed by atoms with Crippen LogP contribution in [0.2, 0.25) is 0 Å². The number of aromatic nitrogens is 3. The van der Waals surface area contributed by atoms with E-state index in [-0.39, 0.29) is 5.91 Å². The highest BCUT2D eigenvalue weighted by atomic mass is 16.5. The molecule has 0 saturated carbocycles. The maximum Gasteiger partial charge on any atom is 0.274 e. The summed E-state index contributed by atoms with van der Waals surface area (Å²) in [5, 5.41) is 4.66. The van der Waals surface area contributed by atoms with Crippen molar-refractivity contribution in [1.29, 1.82) is 0 Å². The normalized spacial score (nSPS) is 14.6. The van der Waals surface area contributed by atoms with Gasteiger partial charge in [-0.1, -0.05) is 12.1 Å². The number of pyridine rings is 1. The molecule has 0 aliphatic carbocycles. The van der Waals surface area contributed by atoms with Gasteiger partial charge >= 0.3 is 0 Å². The van der Waals surface area contributed by atoms with Gasteiger partial charge < -0.3 is 19.3 Å². The molecule has 8 nitrogen and oxygen atoms in total. The van der Waals surface area contributed by atoms with Crippen LogP contribution in [0.3, 0.4) is 0 Å². The number of amides is 1. The SMILES string of the molecule is COc1ccc(-n2nc(C(=O)N3CCN(C)CC3)cc2-c2ccccc2OC)cn1. The Hall–Kier alpha value is -3.39. The topological polar surface area (TPSA) is 72.7 Å². The third kappa shape index (κ3) is 3.86. The first-order valence-corrected chi connectivity index (χ1v) is 9.82. The number of para-hydroxylation sites is 1. The quantitative estimate of drug-likeness (QED) is 0.647. The van der Waals surface area contributed by atoms with Gasteiger partial charge in [0.05, 0.1) is 31.8 Å². The summed E-state index contributed by atoms with van der Waals surface area (Å²) >= 11 is 0. The van der Waals surface area contributed by atoms with Gasteiger partial charge in [-0.3, -0.25) is 4.79 Å². The second kappa shape index (κ2) is 8.54. The first-order valence-electron chi connectivity index (χ1n) is 9.82. The lowest BCUT2D eigenvalue weighted by molar-refractivity contribution is 0.0657. The van der Waals surface area contributed by atoms with Crippen LogP contribution in [-0.4, -0.2) is 77.9 Å². The van der Waals surface area contributed by atoms with E-state index in [0.29, 0.717) is 30.4 Å². The molecule has 1 saturated heterocycles. The highest BCUT2D eigenvalue weighted by Gasteiger charge is 2.25. The number of hydrogen-bond acceptors (Lipinski definition) is 6. The Morgan fingerprint density at radius 2 is 1.77 bits per heavy atom. The molecule has 0 spiro atoms. The molecule has 1 fully saturated rings. The van der Waals surface area contributed by atoms with Gasteiger partial charge in [0.2, 0.25) is 5.88 Å². The molecule has 30 heavy (non-hydrogen) atoms. The average molecular weight is 407 g/mol. The number of methoxy groups -OCH3 is 2. The summed E-state index contributed by atoms with van der Waals surface area (Å²) in [6.45, 7) is 3.09. The van der Waals surface area contributed by atoms with E-state index in [9.17, 15) is 4.79 Å². The minimum Gasteiger partial charge on any atom is -0.496 e. The van der Waals surface area contributed by atoms with E-state index in [4.69, 9.17) is 9.47 Å². The maximum atomic E-state index is 13.2. The predicted molar refractivity (Wildman–Crippen MR) is 113 cm³/mol. The van der Waals surface area contributed by atoms with Crippen LogP contribution in [0.1, 0.15) is 10.5 Å². The molecular weight excluding hydrogens is 382 g/mol. The Morgan fingerprint density at radius 1 is 1.00 bits per heavy atom. The van der Waals surface area contributed by atoms with E-state index < -0.39 is 0 Å². The van der Waals surface area contributed by atoms with Gasteiger partial charge in [-0.15, -0.1) is 0 Å². The number of hydrogen-bond donors (Lipinski definition) is 0. The Balaban J connectivity index is 1.78. The Bertz CT molecular complexity index is 1020. The van der Waals surface area contributed by atoms with E-state index in [1.807, 2.05) is 41.3 Å². The molecule has 2 aromatic heterocycles. The van der Waals surface area contributed by atoms with Crippen LogP contribution in [0.5, 0.6) is 11.6 Å². The third-order valence-corrected chi connectivity index (χ3v) is 5.28. The molecule has 0 bridgehead atoms. The van der Waals surface area contributed by atoms with Crippen molar-refractivity contribution in [2.75, 3.05) is 47.4 Å². The number of carbonyl (C=O) groups excluding carboxylic acids is 1. The number of rotatable bonds is 5. The summed E-state index contributed by atoms with van der Waals surface area (Å²) in [7, 11) is 5.26. The summed E-state index contributed by atoms with van der Waals surface area (Å²) in [4.78, 5) is 21.5. The summed E-state index contributed by atoms with van der Waals surface area (Å²) in [6, 6.07) is 13.1. The zero-order valence-corrected chi connectivity index (χ0v) is 17.4. The smallest absolute Gasteiger partial charge is 0.274 e. The van der Waals surface area contributed by atoms with E-state index in [1.54, 1.807) is 31.2 Å². The molecule has 0 N–H and O–H groups in total. The molecule has 8 heteroatoms. The van der Waals surface area contributed by atoms with Crippen molar-refractivity contribution in [2.45, 2.75) is 0 Å². The standard InChI is InChI=1S/C22H25N5O3/c1-25-10-12-26(13-11-25)22(28)18-14-19(17-6-4-5-7-20(17)29-2)27(24-18)16-8-9-21(30-3)23-15-16/h4-9,14-15H,10-13H2,1-3H3. The van der Waals surface area contributed by atoms with Crippen LogP contribution in [0.25, 0.3) is 16.9 Å². The number of nitrogens with zero attached hydrogens (tertiary/aromatic N) is 5. The van der Waals surface area contributed by atoms with E-state index >= 15 is 0 Å². The van der Waals surface area contributed by atoms with Gasteiger partial charge in [0.1, 0.15) is 5.75 Å². The average Bonchev–Trinajstić information content (AvgIpc) is 3.24. The lowest BCUT2D eigenvalue weighted by Gasteiger charge is -2.31. The van der Waals surface area contributed by atoms with E-state index in [0.717, 1.165) is 30.0 Å². The molecule has 1 aliphatic rings. The van der Waals surface area contributed by atoms with Crippen LogP contribution >= 0.6 is 0 Å². The van der Waals surface area contributed by atoms with Crippen LogP contribution < -0.4 is 9.47 Å². The van der Waals surface area contributed by atoms with Crippen molar-refractivity contribution in [1.82, 2.24) is 24.6 Å². The van der Waals surface area contributed by atoms with Crippen LogP contribution in [0.15, 0.2) is 48.7 Å². The highest BCUT2D eigenvalue weighted by molar-refractivity contribution is 5.94. The molecule has 4 rings (SSSR count). The van der Waals surface area contributed by atoms with Crippen molar-refractivity contribution in [3.63, 3.8) is 0 Å². The number of likely N-dealkylation sites (N-methyl/N-ethyl adjacent to an activating group) is 1. The van der Waals surface area contributed by atoms with Gasteiger partial charge in [-0.25, -0.2) is 9.67 Å². The zero-order chi connectivity index (χ0) is 21.1. The molecule has 1 aromatic carbocycles. The minimum absolute atomic E-state index is 0.0699. The molecule has 0 unspecified atom stereocenters. The number of piperazine rings is 1. The lowest BCUT2D eigenvalue weighted by Crippen LogP contribution is -2.47. The molecular formula is C22H25N5O3. The third-order valence-electron chi connectivity index (χ3n) is 5.28. The largest absolute Gasteiger partial charge is 0.496 e. The van der Waals surface area contributed by atoms with Crippen molar-refractivity contribution in [3.05, 3.63) is 54.4 Å². The van der Waals surface area contributed by atoms with Crippen LogP contribution in [0.4, 0.5) is 0 Å². The van der Waals surface area contributed by atoms with Gasteiger partial charge in [0.25, 0.3) is 5.91 Å². The molecule has 156 valence electrons. The van der Waals surface area contributed by atoms with Crippen molar-refractivity contribution in [2.24, 2.45) is 0 Å². The Labute approximate surface area is 175 Å². The van der Waals surface area contributed by atoms with Crippen LogP contribution in [-0.2, 0) is 0 Å². The molecule has 0 atom stereocenters. The molecule has 3 heterocycles. The van der Waals surface area contributed by atoms with Crippen molar-refractivity contribution >= 4 is 5.91 Å². The first-order chi connectivity index (χ1) is 14.6. The lowest BCUT2D eigenvalue weighted by atomic mass is 10.1. The summed E-state index contributed by atoms with van der Waals surface area (Å²) in [6.07, 6.45) is 1.68. The number of ether oxygens (including phenoxy) is 2. The summed E-state index contributed by atoms with van der Waals surface area (Å²) < 4.78 is 12.4. The maximum absolute atomic E-state index is 13.2.